The molecule has 0 amide bonds. The van der Waals surface area contributed by atoms with E-state index in [1.807, 2.05) is 12.1 Å². The van der Waals surface area contributed by atoms with Gasteiger partial charge in [0.2, 0.25) is 0 Å². The molecule has 0 aliphatic heterocycles. The van der Waals surface area contributed by atoms with Crippen LogP contribution in [0.1, 0.15) is 49.9 Å². The minimum Gasteiger partial charge on any atom is -0.334 e. The van der Waals surface area contributed by atoms with Crippen molar-refractivity contribution in [2.24, 2.45) is 23.7 Å². The Morgan fingerprint density at radius 2 is 1.88 bits per heavy atom. The molecule has 5 unspecified atom stereocenters. The lowest BCUT2D eigenvalue weighted by Gasteiger charge is -2.52. The summed E-state index contributed by atoms with van der Waals surface area (Å²) in [6.07, 6.45) is 8.66. The van der Waals surface area contributed by atoms with Crippen molar-refractivity contribution in [2.45, 2.75) is 58.0 Å². The van der Waals surface area contributed by atoms with Crippen LogP contribution in [0, 0.1) is 30.6 Å². The minimum atomic E-state index is 0.623. The smallest absolute Gasteiger partial charge is 0.257 e. The summed E-state index contributed by atoms with van der Waals surface area (Å²) >= 11 is 0. The van der Waals surface area contributed by atoms with Gasteiger partial charge in [0.05, 0.1) is 6.54 Å². The summed E-state index contributed by atoms with van der Waals surface area (Å²) in [5.41, 5.74) is 2.23. The van der Waals surface area contributed by atoms with Crippen LogP contribution < -0.4 is 5.32 Å². The second-order valence-corrected chi connectivity index (χ2v) is 8.55. The molecule has 3 bridgehead atoms. The first-order valence-electron chi connectivity index (χ1n) is 9.87. The van der Waals surface area contributed by atoms with Crippen molar-refractivity contribution in [3.63, 3.8) is 0 Å². The number of aromatic nitrogens is 2. The highest BCUT2D eigenvalue weighted by Gasteiger charge is 2.45. The zero-order chi connectivity index (χ0) is 16.8. The Morgan fingerprint density at radius 1 is 1.04 bits per heavy atom. The van der Waals surface area contributed by atoms with Gasteiger partial charge >= 0.3 is 0 Å². The molecule has 5 rings (SSSR count). The van der Waals surface area contributed by atoms with Crippen molar-refractivity contribution in [3.8, 4) is 11.5 Å². The summed E-state index contributed by atoms with van der Waals surface area (Å²) in [6, 6.07) is 8.89. The Labute approximate surface area is 149 Å². The number of nitrogens with zero attached hydrogens (tertiary/aromatic N) is 2. The molecule has 3 aliphatic rings. The van der Waals surface area contributed by atoms with Gasteiger partial charge in [0, 0.05) is 11.6 Å². The van der Waals surface area contributed by atoms with Crippen molar-refractivity contribution >= 4 is 0 Å². The van der Waals surface area contributed by atoms with E-state index in [2.05, 4.69) is 34.5 Å². The minimum absolute atomic E-state index is 0.623. The topological polar surface area (TPSA) is 51.0 Å². The maximum atomic E-state index is 5.46. The molecule has 1 aromatic heterocycles. The lowest BCUT2D eigenvalue weighted by atomic mass is 9.56. The standard InChI is InChI=1S/C21H27N3O/c1-13-2-5-16(6-3-13)21-23-20(24-25-21)12-22-19-11-15-8-14-4-7-18(19)17(9-14)10-15/h2-3,5-6,14-15,17-19,22H,4,7-12H2,1H3. The number of fused-ring (bicyclic) bond motifs is 2. The summed E-state index contributed by atoms with van der Waals surface area (Å²) in [5.74, 6) is 5.23. The number of benzene rings is 1. The number of aryl methyl sites for hydroxylation is 1. The van der Waals surface area contributed by atoms with Crippen LogP contribution >= 0.6 is 0 Å². The molecule has 4 heteroatoms. The molecule has 0 spiro atoms. The fraction of sp³-hybridized carbons (Fsp3) is 0.619. The van der Waals surface area contributed by atoms with Crippen LogP contribution in [-0.2, 0) is 6.54 Å². The quantitative estimate of drug-likeness (QED) is 0.901. The normalized spacial score (nSPS) is 33.6. The van der Waals surface area contributed by atoms with E-state index in [-0.39, 0.29) is 0 Å². The first-order chi connectivity index (χ1) is 12.2. The van der Waals surface area contributed by atoms with E-state index in [9.17, 15) is 0 Å². The Hall–Kier alpha value is -1.68. The summed E-state index contributed by atoms with van der Waals surface area (Å²) in [5, 5.41) is 7.96. The molecular weight excluding hydrogens is 310 g/mol. The molecule has 3 aliphatic carbocycles. The molecule has 1 heterocycles. The van der Waals surface area contributed by atoms with E-state index in [1.165, 1.54) is 44.1 Å². The molecule has 1 aromatic carbocycles. The van der Waals surface area contributed by atoms with Crippen molar-refractivity contribution in [2.75, 3.05) is 0 Å². The van der Waals surface area contributed by atoms with Gasteiger partial charge in [-0.3, -0.25) is 0 Å². The highest BCUT2D eigenvalue weighted by atomic mass is 16.5. The van der Waals surface area contributed by atoms with Crippen LogP contribution in [0.3, 0.4) is 0 Å². The van der Waals surface area contributed by atoms with E-state index >= 15 is 0 Å². The average molecular weight is 337 g/mol. The third-order valence-electron chi connectivity index (χ3n) is 6.85. The molecule has 3 fully saturated rings. The zero-order valence-electron chi connectivity index (χ0n) is 14.9. The third-order valence-corrected chi connectivity index (χ3v) is 6.85. The Balaban J connectivity index is 1.25. The maximum Gasteiger partial charge on any atom is 0.257 e. The molecule has 1 N–H and O–H groups in total. The van der Waals surface area contributed by atoms with E-state index in [1.54, 1.807) is 0 Å². The number of hydrogen-bond donors (Lipinski definition) is 1. The predicted octanol–water partition coefficient (Wildman–Crippen LogP) is 4.35. The Morgan fingerprint density at radius 3 is 2.76 bits per heavy atom. The number of nitrogens with one attached hydrogen (secondary N) is 1. The summed E-state index contributed by atoms with van der Waals surface area (Å²) in [6.45, 7) is 2.80. The predicted molar refractivity (Wildman–Crippen MR) is 96.8 cm³/mol. The second kappa shape index (κ2) is 6.24. The maximum absolute atomic E-state index is 5.46. The van der Waals surface area contributed by atoms with Crippen LogP contribution in [0.2, 0.25) is 0 Å². The Kier molecular flexibility index (Phi) is 3.89. The third kappa shape index (κ3) is 3.01. The van der Waals surface area contributed by atoms with Crippen LogP contribution in [-0.4, -0.2) is 16.2 Å². The van der Waals surface area contributed by atoms with Gasteiger partial charge in [-0.05, 0) is 74.8 Å². The molecule has 3 saturated carbocycles. The van der Waals surface area contributed by atoms with Crippen LogP contribution in [0.15, 0.2) is 28.8 Å². The number of hydrogen-bond acceptors (Lipinski definition) is 4. The molecule has 4 nitrogen and oxygen atoms in total. The summed E-state index contributed by atoms with van der Waals surface area (Å²) in [7, 11) is 0. The van der Waals surface area contributed by atoms with Gasteiger partial charge in [-0.15, -0.1) is 0 Å². The number of rotatable bonds is 4. The van der Waals surface area contributed by atoms with Gasteiger partial charge < -0.3 is 9.84 Å². The van der Waals surface area contributed by atoms with Gasteiger partial charge in [0.15, 0.2) is 5.82 Å². The fourth-order valence-electron chi connectivity index (χ4n) is 5.72. The van der Waals surface area contributed by atoms with Crippen molar-refractivity contribution in [3.05, 3.63) is 35.7 Å². The average Bonchev–Trinajstić information content (AvgIpc) is 3.08. The summed E-state index contributed by atoms with van der Waals surface area (Å²) in [4.78, 5) is 4.59. The highest BCUT2D eigenvalue weighted by Crippen LogP contribution is 2.52. The monoisotopic (exact) mass is 337 g/mol. The van der Waals surface area contributed by atoms with Gasteiger partial charge in [-0.25, -0.2) is 0 Å². The van der Waals surface area contributed by atoms with Crippen LogP contribution in [0.4, 0.5) is 0 Å². The van der Waals surface area contributed by atoms with Crippen LogP contribution in [0.5, 0.6) is 0 Å². The second-order valence-electron chi connectivity index (χ2n) is 8.55. The molecular formula is C21H27N3O. The largest absolute Gasteiger partial charge is 0.334 e. The van der Waals surface area contributed by atoms with Crippen molar-refractivity contribution < 1.29 is 4.52 Å². The fourth-order valence-corrected chi connectivity index (χ4v) is 5.72. The first-order valence-corrected chi connectivity index (χ1v) is 9.87. The molecule has 132 valence electrons. The SMILES string of the molecule is Cc1ccc(-c2nc(CNC3CC4CC5CCC3C(C5)C4)no2)cc1. The molecule has 25 heavy (non-hydrogen) atoms. The van der Waals surface area contributed by atoms with Gasteiger partial charge in [0.25, 0.3) is 5.89 Å². The van der Waals surface area contributed by atoms with E-state index in [0.29, 0.717) is 11.9 Å². The van der Waals surface area contributed by atoms with Crippen LogP contribution in [0.25, 0.3) is 11.5 Å². The van der Waals surface area contributed by atoms with E-state index in [4.69, 9.17) is 4.52 Å². The molecule has 0 radical (unpaired) electrons. The highest BCUT2D eigenvalue weighted by molar-refractivity contribution is 5.53. The van der Waals surface area contributed by atoms with E-state index < -0.39 is 0 Å². The lowest BCUT2D eigenvalue weighted by Crippen LogP contribution is -2.50. The van der Waals surface area contributed by atoms with Gasteiger partial charge in [-0.1, -0.05) is 29.3 Å². The molecule has 0 saturated heterocycles. The van der Waals surface area contributed by atoms with E-state index in [0.717, 1.165) is 41.6 Å². The van der Waals surface area contributed by atoms with Crippen molar-refractivity contribution in [1.29, 1.82) is 0 Å². The Bertz CT molecular complexity index is 732. The molecule has 5 atom stereocenters. The van der Waals surface area contributed by atoms with Crippen molar-refractivity contribution in [1.82, 2.24) is 15.5 Å². The van der Waals surface area contributed by atoms with Gasteiger partial charge in [0.1, 0.15) is 0 Å². The lowest BCUT2D eigenvalue weighted by molar-refractivity contribution is 0.00584. The van der Waals surface area contributed by atoms with Gasteiger partial charge in [-0.2, -0.15) is 4.98 Å². The summed E-state index contributed by atoms with van der Waals surface area (Å²) < 4.78 is 5.46. The zero-order valence-corrected chi connectivity index (χ0v) is 14.9. The molecule has 2 aromatic rings. The first kappa shape index (κ1) is 15.6.